The summed E-state index contributed by atoms with van der Waals surface area (Å²) in [5.41, 5.74) is 5.99. The van der Waals surface area contributed by atoms with Gasteiger partial charge in [0.15, 0.2) is 0 Å². The molecule has 0 amide bonds. The summed E-state index contributed by atoms with van der Waals surface area (Å²) in [4.78, 5) is 12.3. The SMILES string of the molecule is CN(C)CCCc1cccc(Nc2ncc3c(n2)-c2ccc(Cl)cc2NC(=S)C3)c1.Cl.Cl. The minimum atomic E-state index is 0. The Hall–Kier alpha value is -1.96. The molecule has 0 unspecified atom stereocenters. The van der Waals surface area contributed by atoms with Crippen molar-refractivity contribution in [2.45, 2.75) is 19.3 Å². The van der Waals surface area contributed by atoms with Crippen molar-refractivity contribution in [3.8, 4) is 11.3 Å². The van der Waals surface area contributed by atoms with Gasteiger partial charge in [0.25, 0.3) is 0 Å². The van der Waals surface area contributed by atoms with Gasteiger partial charge in [-0.3, -0.25) is 0 Å². The van der Waals surface area contributed by atoms with E-state index in [0.29, 0.717) is 17.4 Å². The van der Waals surface area contributed by atoms with Gasteiger partial charge in [0.1, 0.15) is 0 Å². The average Bonchev–Trinajstić information content (AvgIpc) is 2.82. The normalized spacial score (nSPS) is 11.9. The topological polar surface area (TPSA) is 53.1 Å². The lowest BCUT2D eigenvalue weighted by atomic mass is 10.1. The van der Waals surface area contributed by atoms with Gasteiger partial charge in [-0.1, -0.05) is 36.0 Å². The summed E-state index contributed by atoms with van der Waals surface area (Å²) in [6, 6.07) is 14.1. The molecule has 2 heterocycles. The second kappa shape index (κ2) is 11.8. The van der Waals surface area contributed by atoms with E-state index in [1.54, 1.807) is 0 Å². The lowest BCUT2D eigenvalue weighted by Crippen LogP contribution is -2.13. The molecule has 5 nitrogen and oxygen atoms in total. The molecule has 9 heteroatoms. The highest BCUT2D eigenvalue weighted by atomic mass is 35.5. The average molecular weight is 511 g/mol. The fourth-order valence-corrected chi connectivity index (χ4v) is 3.99. The first-order chi connectivity index (χ1) is 14.5. The Bertz CT molecular complexity index is 1090. The second-order valence-corrected chi connectivity index (χ2v) is 8.64. The van der Waals surface area contributed by atoms with Gasteiger partial charge < -0.3 is 15.5 Å². The zero-order valence-electron chi connectivity index (χ0n) is 17.9. The van der Waals surface area contributed by atoms with Crippen LogP contribution in [0.4, 0.5) is 17.3 Å². The maximum atomic E-state index is 6.18. The molecule has 1 aromatic heterocycles. The highest BCUT2D eigenvalue weighted by Gasteiger charge is 2.19. The molecule has 1 aliphatic rings. The van der Waals surface area contributed by atoms with Crippen molar-refractivity contribution in [3.63, 3.8) is 0 Å². The fraction of sp³-hybridized carbons (Fsp3) is 0.261. The van der Waals surface area contributed by atoms with Crippen LogP contribution in [-0.4, -0.2) is 40.5 Å². The summed E-state index contributed by atoms with van der Waals surface area (Å²) in [6.45, 7) is 1.07. The Labute approximate surface area is 211 Å². The van der Waals surface area contributed by atoms with Crippen LogP contribution in [0.1, 0.15) is 17.5 Å². The van der Waals surface area contributed by atoms with Crippen molar-refractivity contribution in [1.29, 1.82) is 0 Å². The molecule has 0 bridgehead atoms. The first-order valence-electron chi connectivity index (χ1n) is 9.94. The van der Waals surface area contributed by atoms with Crippen molar-refractivity contribution < 1.29 is 0 Å². The van der Waals surface area contributed by atoms with Gasteiger partial charge in [-0.2, -0.15) is 0 Å². The quantitative estimate of drug-likeness (QED) is 0.387. The van der Waals surface area contributed by atoms with Crippen LogP contribution < -0.4 is 10.6 Å². The first-order valence-corrected chi connectivity index (χ1v) is 10.7. The van der Waals surface area contributed by atoms with Gasteiger partial charge in [0.2, 0.25) is 5.95 Å². The molecule has 0 aliphatic carbocycles. The van der Waals surface area contributed by atoms with E-state index in [1.165, 1.54) is 5.56 Å². The minimum absolute atomic E-state index is 0. The molecule has 0 atom stereocenters. The Morgan fingerprint density at radius 2 is 1.97 bits per heavy atom. The molecule has 0 spiro atoms. The lowest BCUT2D eigenvalue weighted by molar-refractivity contribution is 0.400. The van der Waals surface area contributed by atoms with Crippen LogP contribution in [0.3, 0.4) is 0 Å². The van der Waals surface area contributed by atoms with Crippen LogP contribution in [-0.2, 0) is 12.8 Å². The Morgan fingerprint density at radius 3 is 2.75 bits per heavy atom. The maximum Gasteiger partial charge on any atom is 0.227 e. The Kier molecular flexibility index (Phi) is 9.67. The molecule has 0 saturated carbocycles. The van der Waals surface area contributed by atoms with E-state index in [4.69, 9.17) is 28.8 Å². The summed E-state index contributed by atoms with van der Waals surface area (Å²) in [5.74, 6) is 0.563. The van der Waals surface area contributed by atoms with Gasteiger partial charge >= 0.3 is 0 Å². The molecule has 2 aromatic carbocycles. The number of aryl methyl sites for hydroxylation is 1. The number of rotatable bonds is 6. The zero-order chi connectivity index (χ0) is 21.1. The van der Waals surface area contributed by atoms with Crippen molar-refractivity contribution in [3.05, 3.63) is 64.8 Å². The van der Waals surface area contributed by atoms with E-state index in [9.17, 15) is 0 Å². The molecular weight excluding hydrogens is 485 g/mol. The van der Waals surface area contributed by atoms with Gasteiger partial charge in [0.05, 0.1) is 10.7 Å². The van der Waals surface area contributed by atoms with Crippen LogP contribution in [0, 0.1) is 0 Å². The number of benzene rings is 2. The summed E-state index contributed by atoms with van der Waals surface area (Å²) >= 11 is 11.6. The van der Waals surface area contributed by atoms with E-state index >= 15 is 0 Å². The fourth-order valence-electron chi connectivity index (χ4n) is 3.56. The minimum Gasteiger partial charge on any atom is -0.349 e. The van der Waals surface area contributed by atoms with E-state index in [2.05, 4.69) is 52.8 Å². The number of thiocarbonyl (C=S) groups is 1. The number of nitrogens with one attached hydrogen (secondary N) is 2. The van der Waals surface area contributed by atoms with Crippen molar-refractivity contribution in [1.82, 2.24) is 14.9 Å². The number of halogens is 3. The molecule has 1 aliphatic heterocycles. The van der Waals surface area contributed by atoms with Crippen molar-refractivity contribution in [2.24, 2.45) is 0 Å². The standard InChI is InChI=1S/C23H24ClN5S.2ClH/c1-29(2)10-4-6-15-5-3-7-18(11-15)26-23-25-14-16-12-21(30)27-20-13-17(24)8-9-19(20)22(16)28-23;;/h3,5,7-9,11,13-14H,4,6,10,12H2,1-2H3,(H,27,30)(H,25,26,28);2*1H. The third kappa shape index (κ3) is 6.53. The molecule has 0 radical (unpaired) electrons. The highest BCUT2D eigenvalue weighted by Crippen LogP contribution is 2.35. The largest absolute Gasteiger partial charge is 0.349 e. The van der Waals surface area contributed by atoms with Gasteiger partial charge in [-0.05, 0) is 69.4 Å². The van der Waals surface area contributed by atoms with Crippen LogP contribution in [0.15, 0.2) is 48.7 Å². The molecular formula is C23H26Cl3N5S. The van der Waals surface area contributed by atoms with Crippen LogP contribution in [0.5, 0.6) is 0 Å². The number of aromatic nitrogens is 2. The maximum absolute atomic E-state index is 6.18. The number of hydrogen-bond acceptors (Lipinski definition) is 5. The monoisotopic (exact) mass is 509 g/mol. The molecule has 170 valence electrons. The zero-order valence-corrected chi connectivity index (χ0v) is 21.1. The molecule has 3 aromatic rings. The lowest BCUT2D eigenvalue weighted by Gasteiger charge is -2.12. The molecule has 4 rings (SSSR count). The molecule has 2 N–H and O–H groups in total. The first kappa shape index (κ1) is 26.3. The third-order valence-electron chi connectivity index (χ3n) is 4.98. The Balaban J connectivity index is 0.00000181. The highest BCUT2D eigenvalue weighted by molar-refractivity contribution is 7.80. The van der Waals surface area contributed by atoms with Gasteiger partial charge in [0, 0.05) is 40.1 Å². The molecule has 0 fully saturated rings. The predicted octanol–water partition coefficient (Wildman–Crippen LogP) is 6.17. The third-order valence-corrected chi connectivity index (χ3v) is 5.46. The molecule has 0 saturated heterocycles. The molecule has 32 heavy (non-hydrogen) atoms. The van der Waals surface area contributed by atoms with Crippen molar-refractivity contribution >= 4 is 70.9 Å². The smallest absolute Gasteiger partial charge is 0.227 e. The van der Waals surface area contributed by atoms with Gasteiger partial charge in [-0.25, -0.2) is 9.97 Å². The summed E-state index contributed by atoms with van der Waals surface area (Å²) in [7, 11) is 4.20. The summed E-state index contributed by atoms with van der Waals surface area (Å²) < 4.78 is 0. The number of hydrogen-bond donors (Lipinski definition) is 2. The Morgan fingerprint density at radius 1 is 1.16 bits per heavy atom. The summed E-state index contributed by atoms with van der Waals surface area (Å²) in [5, 5.41) is 7.28. The van der Waals surface area contributed by atoms with Crippen LogP contribution in [0.2, 0.25) is 5.02 Å². The van der Waals surface area contributed by atoms with Crippen molar-refractivity contribution in [2.75, 3.05) is 31.3 Å². The van der Waals surface area contributed by atoms with Crippen LogP contribution >= 0.6 is 48.6 Å². The van der Waals surface area contributed by atoms with E-state index in [0.717, 1.165) is 52.6 Å². The van der Waals surface area contributed by atoms with E-state index in [1.807, 2.05) is 30.5 Å². The number of nitrogens with zero attached hydrogens (tertiary/aromatic N) is 3. The second-order valence-electron chi connectivity index (χ2n) is 7.71. The van der Waals surface area contributed by atoms with E-state index in [-0.39, 0.29) is 24.8 Å². The van der Waals surface area contributed by atoms with Gasteiger partial charge in [-0.15, -0.1) is 24.8 Å². The number of anilines is 3. The van der Waals surface area contributed by atoms with E-state index < -0.39 is 0 Å². The van der Waals surface area contributed by atoms with Crippen LogP contribution in [0.25, 0.3) is 11.3 Å². The summed E-state index contributed by atoms with van der Waals surface area (Å²) in [6.07, 6.45) is 4.61. The predicted molar refractivity (Wildman–Crippen MR) is 143 cm³/mol. The number of fused-ring (bicyclic) bond motifs is 3.